The molecule has 94 valence electrons. The van der Waals surface area contributed by atoms with Gasteiger partial charge in [0.1, 0.15) is 11.0 Å². The molecule has 2 rings (SSSR count). The van der Waals surface area contributed by atoms with Crippen molar-refractivity contribution in [3.63, 3.8) is 0 Å². The Morgan fingerprint density at radius 3 is 2.56 bits per heavy atom. The van der Waals surface area contributed by atoms with Crippen molar-refractivity contribution in [1.82, 2.24) is 0 Å². The van der Waals surface area contributed by atoms with Crippen molar-refractivity contribution >= 4 is 23.0 Å². The highest BCUT2D eigenvalue weighted by Gasteiger charge is 2.16. The van der Waals surface area contributed by atoms with Crippen LogP contribution in [-0.2, 0) is 4.74 Å². The van der Waals surface area contributed by atoms with Crippen LogP contribution < -0.4 is 5.73 Å². The Balaban J connectivity index is 2.08. The van der Waals surface area contributed by atoms with Gasteiger partial charge in [0.15, 0.2) is 0 Å². The normalized spacial score (nSPS) is 12.1. The Hall–Kier alpha value is -1.81. The lowest BCUT2D eigenvalue weighted by atomic mass is 10.1. The number of aryl methyl sites for hydroxylation is 1. The van der Waals surface area contributed by atoms with Crippen molar-refractivity contribution in [2.75, 3.05) is 5.73 Å². The first-order valence-electron chi connectivity index (χ1n) is 5.69. The lowest BCUT2D eigenvalue weighted by Crippen LogP contribution is -2.07. The van der Waals surface area contributed by atoms with Crippen LogP contribution in [0, 0.1) is 6.92 Å². The predicted octanol–water partition coefficient (Wildman–Crippen LogP) is 3.56. The molecule has 0 bridgehead atoms. The summed E-state index contributed by atoms with van der Waals surface area (Å²) in [4.78, 5) is 13.4. The molecule has 0 fully saturated rings. The largest absolute Gasteiger partial charge is 0.454 e. The van der Waals surface area contributed by atoms with Gasteiger partial charge in [-0.25, -0.2) is 4.79 Å². The first-order valence-corrected chi connectivity index (χ1v) is 6.51. The fourth-order valence-corrected chi connectivity index (χ4v) is 2.43. The number of rotatable bonds is 3. The molecular formula is C14H15NO2S. The molecule has 1 heterocycles. The summed E-state index contributed by atoms with van der Waals surface area (Å²) in [6.07, 6.45) is -0.262. The Bertz CT molecular complexity index is 529. The SMILES string of the molecule is Cc1sc(C(=O)OC(C)c2ccccc2)cc1N. The van der Waals surface area contributed by atoms with E-state index < -0.39 is 0 Å². The second-order valence-corrected chi connectivity index (χ2v) is 5.34. The Kier molecular flexibility index (Phi) is 3.67. The van der Waals surface area contributed by atoms with Crippen LogP contribution in [0.5, 0.6) is 0 Å². The van der Waals surface area contributed by atoms with Gasteiger partial charge >= 0.3 is 5.97 Å². The fraction of sp³-hybridized carbons (Fsp3) is 0.214. The second-order valence-electron chi connectivity index (χ2n) is 4.08. The molecule has 1 atom stereocenters. The van der Waals surface area contributed by atoms with Crippen molar-refractivity contribution in [2.24, 2.45) is 0 Å². The quantitative estimate of drug-likeness (QED) is 0.859. The van der Waals surface area contributed by atoms with Crippen molar-refractivity contribution in [2.45, 2.75) is 20.0 Å². The molecular weight excluding hydrogens is 246 g/mol. The van der Waals surface area contributed by atoms with Crippen LogP contribution in [0.3, 0.4) is 0 Å². The third-order valence-corrected chi connectivity index (χ3v) is 3.76. The van der Waals surface area contributed by atoms with E-state index in [-0.39, 0.29) is 12.1 Å². The average Bonchev–Trinajstić information content (AvgIpc) is 2.71. The topological polar surface area (TPSA) is 52.3 Å². The number of anilines is 1. The van der Waals surface area contributed by atoms with E-state index in [1.54, 1.807) is 6.07 Å². The van der Waals surface area contributed by atoms with Crippen LogP contribution in [0.15, 0.2) is 36.4 Å². The molecule has 0 amide bonds. The molecule has 0 radical (unpaired) electrons. The minimum absolute atomic E-state index is 0.262. The van der Waals surface area contributed by atoms with Crippen molar-refractivity contribution in [1.29, 1.82) is 0 Å². The van der Waals surface area contributed by atoms with Crippen LogP contribution in [0.2, 0.25) is 0 Å². The summed E-state index contributed by atoms with van der Waals surface area (Å²) in [5.41, 5.74) is 7.34. The van der Waals surface area contributed by atoms with Crippen molar-refractivity contribution < 1.29 is 9.53 Å². The molecule has 0 aliphatic rings. The molecule has 1 unspecified atom stereocenters. The standard InChI is InChI=1S/C14H15NO2S/c1-9(11-6-4-3-5-7-11)17-14(16)13-8-12(15)10(2)18-13/h3-9H,15H2,1-2H3. The summed E-state index contributed by atoms with van der Waals surface area (Å²) in [6.45, 7) is 3.74. The lowest BCUT2D eigenvalue weighted by Gasteiger charge is -2.12. The molecule has 0 saturated carbocycles. The first kappa shape index (κ1) is 12.6. The number of benzene rings is 1. The Morgan fingerprint density at radius 1 is 1.33 bits per heavy atom. The molecule has 1 aromatic carbocycles. The minimum atomic E-state index is -0.323. The summed E-state index contributed by atoms with van der Waals surface area (Å²) >= 11 is 1.36. The van der Waals surface area contributed by atoms with E-state index in [4.69, 9.17) is 10.5 Å². The third kappa shape index (κ3) is 2.71. The maximum absolute atomic E-state index is 11.9. The maximum Gasteiger partial charge on any atom is 0.348 e. The number of carbonyl (C=O) groups excluding carboxylic acids is 1. The maximum atomic E-state index is 11.9. The van der Waals surface area contributed by atoms with Gasteiger partial charge in [-0.3, -0.25) is 0 Å². The predicted molar refractivity (Wildman–Crippen MR) is 73.7 cm³/mol. The monoisotopic (exact) mass is 261 g/mol. The molecule has 0 aliphatic carbocycles. The van der Waals surface area contributed by atoms with Crippen molar-refractivity contribution in [3.05, 3.63) is 51.7 Å². The van der Waals surface area contributed by atoms with E-state index in [9.17, 15) is 4.79 Å². The molecule has 18 heavy (non-hydrogen) atoms. The molecule has 0 aliphatic heterocycles. The molecule has 2 aromatic rings. The van der Waals surface area contributed by atoms with E-state index in [1.807, 2.05) is 44.2 Å². The van der Waals surface area contributed by atoms with E-state index in [0.29, 0.717) is 10.6 Å². The molecule has 1 aromatic heterocycles. The highest BCUT2D eigenvalue weighted by Crippen LogP contribution is 2.26. The van der Waals surface area contributed by atoms with Gasteiger partial charge in [-0.15, -0.1) is 11.3 Å². The molecule has 2 N–H and O–H groups in total. The molecule has 0 spiro atoms. The Labute approximate surface area is 110 Å². The van der Waals surface area contributed by atoms with Gasteiger partial charge < -0.3 is 10.5 Å². The summed E-state index contributed by atoms with van der Waals surface area (Å²) < 4.78 is 5.41. The lowest BCUT2D eigenvalue weighted by molar-refractivity contribution is 0.0344. The Morgan fingerprint density at radius 2 is 2.00 bits per heavy atom. The van der Waals surface area contributed by atoms with Crippen molar-refractivity contribution in [3.8, 4) is 0 Å². The summed E-state index contributed by atoms with van der Waals surface area (Å²) in [7, 11) is 0. The van der Waals surface area contributed by atoms with Gasteiger partial charge in [0.2, 0.25) is 0 Å². The number of nitrogen functional groups attached to an aromatic ring is 1. The second kappa shape index (κ2) is 5.23. The van der Waals surface area contributed by atoms with E-state index in [1.165, 1.54) is 11.3 Å². The van der Waals surface area contributed by atoms with Crippen LogP contribution in [0.25, 0.3) is 0 Å². The number of hydrogen-bond acceptors (Lipinski definition) is 4. The fourth-order valence-electron chi connectivity index (χ4n) is 1.61. The van der Waals surface area contributed by atoms with Crippen LogP contribution in [-0.4, -0.2) is 5.97 Å². The number of hydrogen-bond donors (Lipinski definition) is 1. The van der Waals surface area contributed by atoms with Crippen LogP contribution >= 0.6 is 11.3 Å². The number of nitrogens with two attached hydrogens (primary N) is 1. The minimum Gasteiger partial charge on any atom is -0.454 e. The third-order valence-electron chi connectivity index (χ3n) is 2.71. The highest BCUT2D eigenvalue weighted by molar-refractivity contribution is 7.14. The van der Waals surface area contributed by atoms with Gasteiger partial charge in [0, 0.05) is 10.6 Å². The van der Waals surface area contributed by atoms with Gasteiger partial charge in [0.05, 0.1) is 0 Å². The molecule has 3 nitrogen and oxygen atoms in total. The smallest absolute Gasteiger partial charge is 0.348 e. The zero-order valence-corrected chi connectivity index (χ0v) is 11.2. The number of esters is 1. The van der Waals surface area contributed by atoms with Gasteiger partial charge in [0.25, 0.3) is 0 Å². The zero-order valence-electron chi connectivity index (χ0n) is 10.3. The molecule has 4 heteroatoms. The first-order chi connectivity index (χ1) is 8.58. The average molecular weight is 261 g/mol. The zero-order chi connectivity index (χ0) is 13.1. The van der Waals surface area contributed by atoms with E-state index in [0.717, 1.165) is 10.4 Å². The molecule has 0 saturated heterocycles. The number of ether oxygens (including phenoxy) is 1. The summed E-state index contributed by atoms with van der Waals surface area (Å²) in [6, 6.07) is 11.3. The highest BCUT2D eigenvalue weighted by atomic mass is 32.1. The summed E-state index contributed by atoms with van der Waals surface area (Å²) in [5.74, 6) is -0.323. The van der Waals surface area contributed by atoms with E-state index in [2.05, 4.69) is 0 Å². The number of carbonyl (C=O) groups is 1. The van der Waals surface area contributed by atoms with Crippen LogP contribution in [0.4, 0.5) is 5.69 Å². The summed E-state index contributed by atoms with van der Waals surface area (Å²) in [5, 5.41) is 0. The van der Waals surface area contributed by atoms with Gasteiger partial charge in [-0.1, -0.05) is 30.3 Å². The number of thiophene rings is 1. The van der Waals surface area contributed by atoms with Gasteiger partial charge in [-0.05, 0) is 25.5 Å². The van der Waals surface area contributed by atoms with Gasteiger partial charge in [-0.2, -0.15) is 0 Å². The van der Waals surface area contributed by atoms with Crippen LogP contribution in [0.1, 0.15) is 33.1 Å². The van der Waals surface area contributed by atoms with E-state index >= 15 is 0 Å².